The molecule has 5 heteroatoms. The number of carbonyl (C=O) groups is 1. The molecule has 0 aliphatic rings. The standard InChI is InChI=1S/C10H7BrN2O2/c11-8-3-1-7(2-4-8)9-12-5-6-13(9)10(14)15/h1-6H,(H,14,15). The molecule has 0 atom stereocenters. The highest BCUT2D eigenvalue weighted by atomic mass is 79.9. The summed E-state index contributed by atoms with van der Waals surface area (Å²) in [6, 6.07) is 7.31. The molecule has 0 aliphatic carbocycles. The van der Waals surface area contributed by atoms with Gasteiger partial charge in [0.1, 0.15) is 5.82 Å². The number of carboxylic acid groups (broad SMARTS) is 1. The second-order valence-electron chi connectivity index (χ2n) is 2.91. The number of hydrogen-bond acceptors (Lipinski definition) is 2. The minimum atomic E-state index is -1.04. The summed E-state index contributed by atoms with van der Waals surface area (Å²) in [6.45, 7) is 0. The molecule has 2 aromatic rings. The maximum atomic E-state index is 10.8. The molecule has 4 nitrogen and oxygen atoms in total. The molecule has 1 aromatic heterocycles. The average molecular weight is 267 g/mol. The fourth-order valence-corrected chi connectivity index (χ4v) is 1.53. The average Bonchev–Trinajstić information content (AvgIpc) is 2.67. The third kappa shape index (κ3) is 1.92. The van der Waals surface area contributed by atoms with E-state index < -0.39 is 6.09 Å². The van der Waals surface area contributed by atoms with Gasteiger partial charge in [-0.3, -0.25) is 0 Å². The maximum absolute atomic E-state index is 10.8. The first kappa shape index (κ1) is 9.92. The Bertz CT molecular complexity index is 490. The van der Waals surface area contributed by atoms with Gasteiger partial charge < -0.3 is 5.11 Å². The van der Waals surface area contributed by atoms with Crippen LogP contribution in [0.5, 0.6) is 0 Å². The van der Waals surface area contributed by atoms with Crippen LogP contribution in [-0.2, 0) is 0 Å². The number of nitrogens with zero attached hydrogens (tertiary/aromatic N) is 2. The number of rotatable bonds is 1. The van der Waals surface area contributed by atoms with Gasteiger partial charge in [0.25, 0.3) is 0 Å². The zero-order valence-electron chi connectivity index (χ0n) is 7.59. The summed E-state index contributed by atoms with van der Waals surface area (Å²) in [5, 5.41) is 8.88. The fraction of sp³-hybridized carbons (Fsp3) is 0. The second-order valence-corrected chi connectivity index (χ2v) is 3.83. The molecule has 1 N–H and O–H groups in total. The number of hydrogen-bond donors (Lipinski definition) is 1. The molecule has 0 unspecified atom stereocenters. The van der Waals surface area contributed by atoms with Crippen LogP contribution in [0.1, 0.15) is 0 Å². The van der Waals surface area contributed by atoms with Gasteiger partial charge >= 0.3 is 6.09 Å². The zero-order valence-corrected chi connectivity index (χ0v) is 9.18. The van der Waals surface area contributed by atoms with Crippen molar-refractivity contribution in [3.8, 4) is 11.4 Å². The van der Waals surface area contributed by atoms with Crippen LogP contribution in [0.2, 0.25) is 0 Å². The van der Waals surface area contributed by atoms with Crippen LogP contribution in [0, 0.1) is 0 Å². The predicted octanol–water partition coefficient (Wildman–Crippen LogP) is 2.84. The van der Waals surface area contributed by atoms with Gasteiger partial charge in [-0.1, -0.05) is 28.1 Å². The lowest BCUT2D eigenvalue weighted by Crippen LogP contribution is -2.08. The largest absolute Gasteiger partial charge is 0.464 e. The quantitative estimate of drug-likeness (QED) is 0.864. The first-order valence-electron chi connectivity index (χ1n) is 4.21. The van der Waals surface area contributed by atoms with E-state index in [1.807, 2.05) is 24.3 Å². The lowest BCUT2D eigenvalue weighted by molar-refractivity contribution is 0.196. The molecule has 1 aromatic carbocycles. The summed E-state index contributed by atoms with van der Waals surface area (Å²) in [4.78, 5) is 14.8. The predicted molar refractivity (Wildman–Crippen MR) is 58.8 cm³/mol. The highest BCUT2D eigenvalue weighted by Crippen LogP contribution is 2.19. The van der Waals surface area contributed by atoms with E-state index in [4.69, 9.17) is 5.11 Å². The topological polar surface area (TPSA) is 55.1 Å². The van der Waals surface area contributed by atoms with E-state index in [1.165, 1.54) is 12.4 Å². The summed E-state index contributed by atoms with van der Waals surface area (Å²) in [7, 11) is 0. The molecule has 0 saturated carbocycles. The fourth-order valence-electron chi connectivity index (χ4n) is 1.27. The summed E-state index contributed by atoms with van der Waals surface area (Å²) < 4.78 is 2.03. The Balaban J connectivity index is 2.49. The summed E-state index contributed by atoms with van der Waals surface area (Å²) in [5.74, 6) is 0.426. The van der Waals surface area contributed by atoms with Gasteiger partial charge in [0.2, 0.25) is 0 Å². The maximum Gasteiger partial charge on any atom is 0.417 e. The lowest BCUT2D eigenvalue weighted by atomic mass is 10.2. The molecule has 0 fully saturated rings. The second kappa shape index (κ2) is 3.86. The molecule has 0 bridgehead atoms. The lowest BCUT2D eigenvalue weighted by Gasteiger charge is -2.02. The molecule has 0 radical (unpaired) electrons. The van der Waals surface area contributed by atoms with Crippen LogP contribution in [-0.4, -0.2) is 20.8 Å². The zero-order chi connectivity index (χ0) is 10.8. The van der Waals surface area contributed by atoms with E-state index in [2.05, 4.69) is 20.9 Å². The number of aromatic nitrogens is 2. The van der Waals surface area contributed by atoms with Crippen molar-refractivity contribution in [2.75, 3.05) is 0 Å². The molecule has 76 valence electrons. The van der Waals surface area contributed by atoms with Crippen LogP contribution < -0.4 is 0 Å². The van der Waals surface area contributed by atoms with Gasteiger partial charge in [-0.05, 0) is 12.1 Å². The Morgan fingerprint density at radius 2 is 2.00 bits per heavy atom. The van der Waals surface area contributed by atoms with Crippen LogP contribution in [0.25, 0.3) is 11.4 Å². The minimum absolute atomic E-state index is 0.426. The van der Waals surface area contributed by atoms with Crippen molar-refractivity contribution in [2.45, 2.75) is 0 Å². The summed E-state index contributed by atoms with van der Waals surface area (Å²) >= 11 is 3.31. The molecular formula is C10H7BrN2O2. The van der Waals surface area contributed by atoms with Crippen LogP contribution in [0.3, 0.4) is 0 Å². The summed E-state index contributed by atoms with van der Waals surface area (Å²) in [6.07, 6.45) is 1.84. The Kier molecular flexibility index (Phi) is 2.55. The Morgan fingerprint density at radius 3 is 2.60 bits per heavy atom. The normalized spacial score (nSPS) is 10.2. The van der Waals surface area contributed by atoms with Gasteiger partial charge in [0, 0.05) is 22.4 Å². The van der Waals surface area contributed by atoms with Crippen molar-refractivity contribution < 1.29 is 9.90 Å². The Hall–Kier alpha value is -1.62. The molecule has 1 heterocycles. The number of halogens is 1. The van der Waals surface area contributed by atoms with Crippen molar-refractivity contribution in [3.63, 3.8) is 0 Å². The van der Waals surface area contributed by atoms with Gasteiger partial charge in [0.05, 0.1) is 0 Å². The highest BCUT2D eigenvalue weighted by molar-refractivity contribution is 9.10. The number of benzene rings is 1. The highest BCUT2D eigenvalue weighted by Gasteiger charge is 2.10. The Morgan fingerprint density at radius 1 is 1.33 bits per heavy atom. The van der Waals surface area contributed by atoms with Crippen molar-refractivity contribution in [1.82, 2.24) is 9.55 Å². The Labute approximate surface area is 94.3 Å². The first-order valence-corrected chi connectivity index (χ1v) is 5.00. The molecule has 0 aliphatic heterocycles. The van der Waals surface area contributed by atoms with Gasteiger partial charge in [0.15, 0.2) is 0 Å². The van der Waals surface area contributed by atoms with Gasteiger partial charge in [-0.25, -0.2) is 14.3 Å². The van der Waals surface area contributed by atoms with E-state index in [-0.39, 0.29) is 0 Å². The van der Waals surface area contributed by atoms with Crippen LogP contribution >= 0.6 is 15.9 Å². The molecular weight excluding hydrogens is 260 g/mol. The van der Waals surface area contributed by atoms with E-state index >= 15 is 0 Å². The van der Waals surface area contributed by atoms with E-state index in [0.717, 1.165) is 14.6 Å². The summed E-state index contributed by atoms with van der Waals surface area (Å²) in [5.41, 5.74) is 0.769. The van der Waals surface area contributed by atoms with Crippen molar-refractivity contribution >= 4 is 22.0 Å². The van der Waals surface area contributed by atoms with Crippen molar-refractivity contribution in [2.24, 2.45) is 0 Å². The SMILES string of the molecule is O=C(O)n1ccnc1-c1ccc(Br)cc1. The monoisotopic (exact) mass is 266 g/mol. The molecule has 15 heavy (non-hydrogen) atoms. The van der Waals surface area contributed by atoms with E-state index in [9.17, 15) is 4.79 Å². The molecule has 2 rings (SSSR count). The van der Waals surface area contributed by atoms with Crippen molar-refractivity contribution in [3.05, 3.63) is 41.1 Å². The first-order chi connectivity index (χ1) is 7.18. The van der Waals surface area contributed by atoms with Crippen LogP contribution in [0.4, 0.5) is 4.79 Å². The molecule has 0 saturated heterocycles. The third-order valence-corrected chi connectivity index (χ3v) is 2.48. The molecule has 0 spiro atoms. The van der Waals surface area contributed by atoms with Gasteiger partial charge in [-0.15, -0.1) is 0 Å². The minimum Gasteiger partial charge on any atom is -0.464 e. The van der Waals surface area contributed by atoms with E-state index in [1.54, 1.807) is 0 Å². The van der Waals surface area contributed by atoms with E-state index in [0.29, 0.717) is 5.82 Å². The van der Waals surface area contributed by atoms with Gasteiger partial charge in [-0.2, -0.15) is 0 Å². The molecule has 0 amide bonds. The number of imidazole rings is 1. The smallest absolute Gasteiger partial charge is 0.417 e. The van der Waals surface area contributed by atoms with Crippen LogP contribution in [0.15, 0.2) is 41.1 Å². The third-order valence-electron chi connectivity index (χ3n) is 1.95. The van der Waals surface area contributed by atoms with Crippen molar-refractivity contribution in [1.29, 1.82) is 0 Å².